The van der Waals surface area contributed by atoms with Gasteiger partial charge in [-0.05, 0) is 49.7 Å². The number of Topliss-reactive ketones (excluding diaryl/α,β-unsaturated/α-hetero) is 1. The Hall–Kier alpha value is -2.65. The molecule has 156 valence electrons. The number of nitrogens with zero attached hydrogens (tertiary/aromatic N) is 2. The van der Waals surface area contributed by atoms with Crippen molar-refractivity contribution in [2.45, 2.75) is 30.5 Å². The Balaban J connectivity index is 1.56. The Labute approximate surface area is 178 Å². The second kappa shape index (κ2) is 7.88. The van der Waals surface area contributed by atoms with Gasteiger partial charge in [-0.1, -0.05) is 11.8 Å². The summed E-state index contributed by atoms with van der Waals surface area (Å²) in [5.74, 6) is 1.27. The van der Waals surface area contributed by atoms with Gasteiger partial charge in [0.2, 0.25) is 0 Å². The first kappa shape index (κ1) is 20.6. The molecule has 30 heavy (non-hydrogen) atoms. The minimum Gasteiger partial charge on any atom is -0.456 e. The Bertz CT molecular complexity index is 1260. The molecule has 1 atom stereocenters. The van der Waals surface area contributed by atoms with Gasteiger partial charge in [-0.3, -0.25) is 9.79 Å². The first-order valence-corrected chi connectivity index (χ1v) is 12.1. The number of hydrogen-bond donors (Lipinski definition) is 1. The van der Waals surface area contributed by atoms with Crippen LogP contribution in [0.15, 0.2) is 46.5 Å². The smallest absolute Gasteiger partial charge is 0.192 e. The van der Waals surface area contributed by atoms with Crippen LogP contribution in [-0.4, -0.2) is 47.3 Å². The third kappa shape index (κ3) is 4.41. The van der Waals surface area contributed by atoms with Crippen molar-refractivity contribution < 1.29 is 17.9 Å². The van der Waals surface area contributed by atoms with Crippen molar-refractivity contribution in [1.29, 1.82) is 0 Å². The summed E-state index contributed by atoms with van der Waals surface area (Å²) in [4.78, 5) is 23.3. The van der Waals surface area contributed by atoms with E-state index in [1.165, 1.54) is 12.3 Å². The minimum atomic E-state index is -3.35. The van der Waals surface area contributed by atoms with Gasteiger partial charge in [0.15, 0.2) is 14.9 Å². The number of rotatable bonds is 6. The van der Waals surface area contributed by atoms with Crippen molar-refractivity contribution in [1.82, 2.24) is 9.97 Å². The van der Waals surface area contributed by atoms with E-state index < -0.39 is 9.84 Å². The maximum Gasteiger partial charge on any atom is 0.192 e. The minimum absolute atomic E-state index is 0.00896. The van der Waals surface area contributed by atoms with Crippen LogP contribution < -0.4 is 4.74 Å². The zero-order chi connectivity index (χ0) is 21.5. The lowest BCUT2D eigenvalue weighted by molar-refractivity contribution is -0.116. The lowest BCUT2D eigenvalue weighted by Gasteiger charge is -2.07. The summed E-state index contributed by atoms with van der Waals surface area (Å²) in [6.07, 6.45) is 3.05. The molecule has 0 aliphatic carbocycles. The average molecular weight is 444 g/mol. The molecule has 1 aliphatic rings. The highest BCUT2D eigenvalue weighted by Crippen LogP contribution is 2.33. The van der Waals surface area contributed by atoms with Gasteiger partial charge in [-0.2, -0.15) is 0 Å². The highest BCUT2D eigenvalue weighted by Gasteiger charge is 2.23. The molecule has 9 heteroatoms. The standard InChI is InChI=1S/C21H21N3O4S2/c1-12-6-16(28-15-4-5-19(22-10-15)30(3,26)27)8-14-9-18(24-20(12)14)21-23-11-17(29-21)7-13(2)25/h4-6,8-10,17,24H,7,11H2,1-3H3. The molecule has 0 saturated heterocycles. The van der Waals surface area contributed by atoms with E-state index in [1.54, 1.807) is 24.8 Å². The van der Waals surface area contributed by atoms with Crippen molar-refractivity contribution >= 4 is 43.3 Å². The fraction of sp³-hybridized carbons (Fsp3) is 0.286. The number of benzene rings is 1. The lowest BCUT2D eigenvalue weighted by atomic mass is 10.1. The third-order valence-electron chi connectivity index (χ3n) is 4.69. The summed E-state index contributed by atoms with van der Waals surface area (Å²) < 4.78 is 29.0. The van der Waals surface area contributed by atoms with E-state index in [-0.39, 0.29) is 16.1 Å². The summed E-state index contributed by atoms with van der Waals surface area (Å²) in [5.41, 5.74) is 2.94. The van der Waals surface area contributed by atoms with Crippen LogP contribution >= 0.6 is 11.8 Å². The fourth-order valence-corrected chi connectivity index (χ4v) is 5.07. The van der Waals surface area contributed by atoms with Crippen LogP contribution in [0.1, 0.15) is 24.6 Å². The number of pyridine rings is 1. The quantitative estimate of drug-likeness (QED) is 0.620. The van der Waals surface area contributed by atoms with Crippen LogP contribution in [0.2, 0.25) is 0 Å². The van der Waals surface area contributed by atoms with E-state index in [0.717, 1.165) is 33.5 Å². The Morgan fingerprint density at radius 3 is 2.73 bits per heavy atom. The molecule has 4 rings (SSSR count). The SMILES string of the molecule is CC(=O)CC1CN=C(c2cc3cc(Oc4ccc(S(C)(=O)=O)nc4)cc(C)c3[nH]2)S1. The van der Waals surface area contributed by atoms with Gasteiger partial charge in [0.25, 0.3) is 0 Å². The number of aromatic amines is 1. The van der Waals surface area contributed by atoms with Crippen molar-refractivity contribution in [3.05, 3.63) is 47.8 Å². The van der Waals surface area contributed by atoms with Crippen molar-refractivity contribution in [3.8, 4) is 11.5 Å². The first-order valence-electron chi connectivity index (χ1n) is 9.37. The molecule has 1 unspecified atom stereocenters. The van der Waals surface area contributed by atoms with Crippen LogP contribution in [0, 0.1) is 6.92 Å². The molecule has 1 N–H and O–H groups in total. The monoisotopic (exact) mass is 443 g/mol. The number of ketones is 1. The molecule has 0 spiro atoms. The summed E-state index contributed by atoms with van der Waals surface area (Å²) in [6.45, 7) is 4.25. The van der Waals surface area contributed by atoms with Crippen LogP contribution in [0.3, 0.4) is 0 Å². The predicted octanol–water partition coefficient (Wildman–Crippen LogP) is 3.91. The van der Waals surface area contributed by atoms with Crippen LogP contribution in [0.25, 0.3) is 10.9 Å². The van der Waals surface area contributed by atoms with Crippen LogP contribution in [0.4, 0.5) is 0 Å². The maximum absolute atomic E-state index is 11.5. The summed E-state index contributed by atoms with van der Waals surface area (Å²) in [6, 6.07) is 8.87. The number of ether oxygens (including phenoxy) is 1. The summed E-state index contributed by atoms with van der Waals surface area (Å²) in [5, 5.41) is 2.11. The number of aromatic nitrogens is 2. The number of aryl methyl sites for hydroxylation is 1. The van der Waals surface area contributed by atoms with Gasteiger partial charge in [0.05, 0.1) is 18.4 Å². The van der Waals surface area contributed by atoms with Gasteiger partial charge >= 0.3 is 0 Å². The zero-order valence-electron chi connectivity index (χ0n) is 16.8. The molecular formula is C21H21N3O4S2. The average Bonchev–Trinajstić information content (AvgIpc) is 3.28. The number of fused-ring (bicyclic) bond motifs is 1. The van der Waals surface area contributed by atoms with Crippen molar-refractivity contribution in [2.24, 2.45) is 4.99 Å². The number of carbonyl (C=O) groups is 1. The molecule has 1 aromatic carbocycles. The highest BCUT2D eigenvalue weighted by atomic mass is 32.2. The van der Waals surface area contributed by atoms with E-state index in [4.69, 9.17) is 4.74 Å². The largest absolute Gasteiger partial charge is 0.456 e. The van der Waals surface area contributed by atoms with Gasteiger partial charge in [0.1, 0.15) is 22.3 Å². The van der Waals surface area contributed by atoms with Crippen molar-refractivity contribution in [2.75, 3.05) is 12.8 Å². The highest BCUT2D eigenvalue weighted by molar-refractivity contribution is 8.15. The van der Waals surface area contributed by atoms with E-state index >= 15 is 0 Å². The predicted molar refractivity (Wildman–Crippen MR) is 119 cm³/mol. The molecule has 3 aromatic rings. The number of H-pyrrole nitrogens is 1. The fourth-order valence-electron chi connectivity index (χ4n) is 3.34. The number of carbonyl (C=O) groups excluding carboxylic acids is 1. The van der Waals surface area contributed by atoms with Gasteiger partial charge in [0, 0.05) is 28.8 Å². The number of hydrogen-bond acceptors (Lipinski definition) is 7. The molecular weight excluding hydrogens is 422 g/mol. The van der Waals surface area contributed by atoms with E-state index in [0.29, 0.717) is 24.5 Å². The Morgan fingerprint density at radius 1 is 1.27 bits per heavy atom. The van der Waals surface area contributed by atoms with Crippen LogP contribution in [0.5, 0.6) is 11.5 Å². The molecule has 0 saturated carbocycles. The van der Waals surface area contributed by atoms with Gasteiger partial charge in [-0.15, -0.1) is 0 Å². The van der Waals surface area contributed by atoms with E-state index in [1.807, 2.05) is 25.1 Å². The Morgan fingerprint density at radius 2 is 2.07 bits per heavy atom. The Kier molecular flexibility index (Phi) is 5.42. The first-order chi connectivity index (χ1) is 14.2. The van der Waals surface area contributed by atoms with E-state index in [2.05, 4.69) is 15.0 Å². The normalized spacial score (nSPS) is 16.6. The molecule has 0 amide bonds. The zero-order valence-corrected chi connectivity index (χ0v) is 18.4. The second-order valence-corrected chi connectivity index (χ2v) is 10.6. The van der Waals surface area contributed by atoms with E-state index in [9.17, 15) is 13.2 Å². The maximum atomic E-state index is 11.5. The van der Waals surface area contributed by atoms with Gasteiger partial charge in [-0.25, -0.2) is 13.4 Å². The third-order valence-corrected chi connectivity index (χ3v) is 6.91. The molecule has 0 bridgehead atoms. The topological polar surface area (TPSA) is 101 Å². The summed E-state index contributed by atoms with van der Waals surface area (Å²) in [7, 11) is -3.35. The molecule has 7 nitrogen and oxygen atoms in total. The molecule has 0 fully saturated rings. The number of nitrogens with one attached hydrogen (secondary N) is 1. The van der Waals surface area contributed by atoms with Crippen LogP contribution in [-0.2, 0) is 14.6 Å². The molecule has 1 aliphatic heterocycles. The van der Waals surface area contributed by atoms with Crippen molar-refractivity contribution in [3.63, 3.8) is 0 Å². The molecule has 2 aromatic heterocycles. The summed E-state index contributed by atoms with van der Waals surface area (Å²) >= 11 is 1.63. The number of thioether (sulfide) groups is 1. The number of aliphatic imine (C=N–C) groups is 1. The van der Waals surface area contributed by atoms with Gasteiger partial charge < -0.3 is 9.72 Å². The number of sulfone groups is 1. The lowest BCUT2D eigenvalue weighted by Crippen LogP contribution is -2.08. The molecule has 3 heterocycles. The second-order valence-electron chi connectivity index (χ2n) is 7.39. The molecule has 0 radical (unpaired) electrons.